The number of nitrogens with zero attached hydrogens (tertiary/aromatic N) is 3. The number of piperazine rings is 1. The molecule has 1 saturated carbocycles. The van der Waals surface area contributed by atoms with Gasteiger partial charge in [0.1, 0.15) is 0 Å². The Balaban J connectivity index is 1.53. The molecule has 0 bridgehead atoms. The van der Waals surface area contributed by atoms with E-state index >= 15 is 0 Å². The van der Waals surface area contributed by atoms with E-state index in [1.165, 1.54) is 45.3 Å². The van der Waals surface area contributed by atoms with Crippen molar-refractivity contribution < 1.29 is 0 Å². The van der Waals surface area contributed by atoms with Crippen molar-refractivity contribution in [2.45, 2.75) is 58.2 Å². The normalized spacial score (nSPS) is 28.7. The van der Waals surface area contributed by atoms with Gasteiger partial charge in [0, 0.05) is 50.7 Å². The summed E-state index contributed by atoms with van der Waals surface area (Å²) in [6.45, 7) is 9.47. The minimum absolute atomic E-state index is 0.716. The molecule has 0 amide bonds. The topological polar surface area (TPSA) is 33.1 Å². The number of hydrogen-bond acceptors (Lipinski definition) is 3. The van der Waals surface area contributed by atoms with Gasteiger partial charge in [-0.3, -0.25) is 4.90 Å². The Hall–Kier alpha value is -0.870. The summed E-state index contributed by atoms with van der Waals surface area (Å²) >= 11 is 0. The average molecular weight is 290 g/mol. The minimum atomic E-state index is 0.716. The smallest absolute Gasteiger partial charge is 0.0945 e. The first-order valence-corrected chi connectivity index (χ1v) is 8.71. The second-order valence-electron chi connectivity index (χ2n) is 6.95. The van der Waals surface area contributed by atoms with Gasteiger partial charge in [0.25, 0.3) is 0 Å². The second-order valence-corrected chi connectivity index (χ2v) is 6.95. The Labute approximate surface area is 128 Å². The van der Waals surface area contributed by atoms with Gasteiger partial charge in [0.05, 0.1) is 6.33 Å². The molecule has 1 aliphatic heterocycles. The van der Waals surface area contributed by atoms with E-state index in [9.17, 15) is 0 Å². The summed E-state index contributed by atoms with van der Waals surface area (Å²) in [7, 11) is 0. The molecule has 1 aromatic rings. The summed E-state index contributed by atoms with van der Waals surface area (Å²) in [5.41, 5.74) is 0. The molecule has 2 heterocycles. The maximum atomic E-state index is 4.13. The molecule has 1 N–H and O–H groups in total. The van der Waals surface area contributed by atoms with Crippen LogP contribution < -0.4 is 5.32 Å². The Morgan fingerprint density at radius 2 is 2.19 bits per heavy atom. The molecular weight excluding hydrogens is 260 g/mol. The maximum Gasteiger partial charge on any atom is 0.0945 e. The number of hydrogen-bond donors (Lipinski definition) is 1. The zero-order valence-corrected chi connectivity index (χ0v) is 13.5. The van der Waals surface area contributed by atoms with Crippen LogP contribution in [0.1, 0.15) is 39.5 Å². The summed E-state index contributed by atoms with van der Waals surface area (Å²) in [5.74, 6) is 1.74. The summed E-state index contributed by atoms with van der Waals surface area (Å²) < 4.78 is 2.19. The molecular formula is C17H30N4. The van der Waals surface area contributed by atoms with Crippen molar-refractivity contribution in [3.8, 4) is 0 Å². The Bertz CT molecular complexity index is 412. The van der Waals surface area contributed by atoms with Gasteiger partial charge in [0.15, 0.2) is 0 Å². The lowest BCUT2D eigenvalue weighted by atomic mass is 9.93. The van der Waals surface area contributed by atoms with Crippen molar-refractivity contribution in [3.63, 3.8) is 0 Å². The van der Waals surface area contributed by atoms with Gasteiger partial charge in [-0.05, 0) is 31.1 Å². The van der Waals surface area contributed by atoms with E-state index in [2.05, 4.69) is 39.8 Å². The van der Waals surface area contributed by atoms with Gasteiger partial charge in [-0.25, -0.2) is 4.98 Å². The monoisotopic (exact) mass is 290 g/mol. The van der Waals surface area contributed by atoms with Crippen molar-refractivity contribution in [1.29, 1.82) is 0 Å². The first-order chi connectivity index (χ1) is 10.3. The predicted octanol–water partition coefficient (Wildman–Crippen LogP) is 2.37. The Morgan fingerprint density at radius 1 is 1.33 bits per heavy atom. The second kappa shape index (κ2) is 6.93. The van der Waals surface area contributed by atoms with Crippen molar-refractivity contribution in [3.05, 3.63) is 18.7 Å². The molecule has 3 atom stereocenters. The molecule has 0 radical (unpaired) electrons. The van der Waals surface area contributed by atoms with Gasteiger partial charge >= 0.3 is 0 Å². The van der Waals surface area contributed by atoms with Gasteiger partial charge in [0.2, 0.25) is 0 Å². The fourth-order valence-corrected chi connectivity index (χ4v) is 3.63. The number of aryl methyl sites for hydroxylation is 1. The quantitative estimate of drug-likeness (QED) is 0.837. The zero-order chi connectivity index (χ0) is 14.7. The third kappa shape index (κ3) is 3.86. The molecule has 4 heteroatoms. The van der Waals surface area contributed by atoms with Crippen LogP contribution in [-0.2, 0) is 6.54 Å². The zero-order valence-electron chi connectivity index (χ0n) is 13.5. The van der Waals surface area contributed by atoms with E-state index in [0.717, 1.165) is 24.4 Å². The van der Waals surface area contributed by atoms with Crippen molar-refractivity contribution in [2.24, 2.45) is 11.8 Å². The van der Waals surface area contributed by atoms with Crippen molar-refractivity contribution in [1.82, 2.24) is 19.8 Å². The fourth-order valence-electron chi connectivity index (χ4n) is 3.63. The summed E-state index contributed by atoms with van der Waals surface area (Å²) in [6.07, 6.45) is 11.2. The highest BCUT2D eigenvalue weighted by atomic mass is 15.2. The van der Waals surface area contributed by atoms with E-state index < -0.39 is 0 Å². The van der Waals surface area contributed by atoms with Gasteiger partial charge in [-0.2, -0.15) is 0 Å². The van der Waals surface area contributed by atoms with Crippen LogP contribution in [0.4, 0.5) is 0 Å². The average Bonchev–Trinajstić information content (AvgIpc) is 3.24. The van der Waals surface area contributed by atoms with E-state index in [4.69, 9.17) is 0 Å². The lowest BCUT2D eigenvalue weighted by molar-refractivity contribution is 0.0833. The first kappa shape index (κ1) is 15.0. The largest absolute Gasteiger partial charge is 0.337 e. The van der Waals surface area contributed by atoms with Crippen molar-refractivity contribution in [2.75, 3.05) is 19.6 Å². The van der Waals surface area contributed by atoms with Crippen LogP contribution in [-0.4, -0.2) is 46.2 Å². The molecule has 0 aromatic carbocycles. The molecule has 3 rings (SSSR count). The lowest BCUT2D eigenvalue weighted by Crippen LogP contribution is -2.59. The lowest BCUT2D eigenvalue weighted by Gasteiger charge is -2.43. The van der Waals surface area contributed by atoms with Gasteiger partial charge in [-0.1, -0.05) is 20.3 Å². The molecule has 1 saturated heterocycles. The molecule has 3 unspecified atom stereocenters. The van der Waals surface area contributed by atoms with Gasteiger partial charge in [-0.15, -0.1) is 0 Å². The van der Waals surface area contributed by atoms with Crippen LogP contribution >= 0.6 is 0 Å². The summed E-state index contributed by atoms with van der Waals surface area (Å²) in [6, 6.07) is 1.46. The van der Waals surface area contributed by atoms with E-state index in [1.807, 2.05) is 12.5 Å². The van der Waals surface area contributed by atoms with E-state index in [1.54, 1.807) is 0 Å². The Kier molecular flexibility index (Phi) is 4.96. The molecule has 1 aromatic heterocycles. The number of imidazole rings is 1. The van der Waals surface area contributed by atoms with Crippen LogP contribution in [0.3, 0.4) is 0 Å². The standard InChI is InChI=1S/C17H30N4/c1-3-14(2)17-11-19-16(15-5-6-15)12-21(17)9-4-8-20-10-7-18-13-20/h7,10,13-17,19H,3-6,8-9,11-12H2,1-2H3. The molecule has 21 heavy (non-hydrogen) atoms. The van der Waals surface area contributed by atoms with E-state index in [-0.39, 0.29) is 0 Å². The molecule has 2 fully saturated rings. The summed E-state index contributed by atoms with van der Waals surface area (Å²) in [5, 5.41) is 3.82. The highest BCUT2D eigenvalue weighted by molar-refractivity contribution is 4.95. The molecule has 4 nitrogen and oxygen atoms in total. The first-order valence-electron chi connectivity index (χ1n) is 8.71. The number of nitrogens with one attached hydrogen (secondary N) is 1. The van der Waals surface area contributed by atoms with Crippen LogP contribution in [0.25, 0.3) is 0 Å². The van der Waals surface area contributed by atoms with Crippen LogP contribution in [0.15, 0.2) is 18.7 Å². The van der Waals surface area contributed by atoms with Gasteiger partial charge < -0.3 is 9.88 Å². The molecule has 118 valence electrons. The highest BCUT2D eigenvalue weighted by Crippen LogP contribution is 2.35. The molecule has 0 spiro atoms. The SMILES string of the molecule is CCC(C)C1CNC(C2CC2)CN1CCCn1ccnc1. The highest BCUT2D eigenvalue weighted by Gasteiger charge is 2.37. The molecule has 2 aliphatic rings. The van der Waals surface area contributed by atoms with Crippen molar-refractivity contribution >= 4 is 0 Å². The number of rotatable bonds is 7. The van der Waals surface area contributed by atoms with Crippen LogP contribution in [0.5, 0.6) is 0 Å². The minimum Gasteiger partial charge on any atom is -0.337 e. The predicted molar refractivity (Wildman–Crippen MR) is 86.2 cm³/mol. The van der Waals surface area contributed by atoms with Crippen LogP contribution in [0.2, 0.25) is 0 Å². The van der Waals surface area contributed by atoms with E-state index in [0.29, 0.717) is 6.04 Å². The fraction of sp³-hybridized carbons (Fsp3) is 0.824. The molecule has 1 aliphatic carbocycles. The third-order valence-corrected chi connectivity index (χ3v) is 5.40. The van der Waals surface area contributed by atoms with Crippen LogP contribution in [0, 0.1) is 11.8 Å². The third-order valence-electron chi connectivity index (χ3n) is 5.40. The Morgan fingerprint density at radius 3 is 2.86 bits per heavy atom. The summed E-state index contributed by atoms with van der Waals surface area (Å²) in [4.78, 5) is 6.90. The maximum absolute atomic E-state index is 4.13. The number of aromatic nitrogens is 2.